The van der Waals surface area contributed by atoms with Gasteiger partial charge in [0.1, 0.15) is 5.75 Å². The van der Waals surface area contributed by atoms with Gasteiger partial charge < -0.3 is 15.0 Å². The molecule has 2 amide bonds. The number of benzene rings is 1. The summed E-state index contributed by atoms with van der Waals surface area (Å²) in [5.41, 5.74) is 1.78. The fourth-order valence-electron chi connectivity index (χ4n) is 2.32. The first-order valence-electron chi connectivity index (χ1n) is 7.08. The number of pyridine rings is 1. The van der Waals surface area contributed by atoms with Crippen LogP contribution in [0.3, 0.4) is 0 Å². The van der Waals surface area contributed by atoms with Crippen LogP contribution in [-0.4, -0.2) is 29.9 Å². The first-order chi connectivity index (χ1) is 11.2. The number of aromatic nitrogens is 1. The highest BCUT2D eigenvalue weighted by Crippen LogP contribution is 2.34. The first-order valence-corrected chi connectivity index (χ1v) is 7.08. The number of amides is 2. The van der Waals surface area contributed by atoms with Gasteiger partial charge in [0.25, 0.3) is 11.8 Å². The van der Waals surface area contributed by atoms with Crippen molar-refractivity contribution < 1.29 is 14.3 Å². The minimum absolute atomic E-state index is 0.0252. The zero-order valence-electron chi connectivity index (χ0n) is 12.4. The minimum atomic E-state index is -0.234. The summed E-state index contributed by atoms with van der Waals surface area (Å²) in [7, 11) is 0. The van der Waals surface area contributed by atoms with E-state index in [0.29, 0.717) is 29.2 Å². The lowest BCUT2D eigenvalue weighted by atomic mass is 10.2. The second-order valence-electron chi connectivity index (χ2n) is 4.95. The number of hydrogen-bond donors (Lipinski definition) is 1. The fraction of sp³-hybridized carbons (Fsp3) is 0.118. The van der Waals surface area contributed by atoms with Gasteiger partial charge in [-0.15, -0.1) is 6.58 Å². The van der Waals surface area contributed by atoms with Crippen LogP contribution in [0, 0.1) is 0 Å². The maximum absolute atomic E-state index is 12.1. The SMILES string of the molecule is C=CCN1C(=O)COc2cc(NC(=O)c3ccncc3)ccc21. The van der Waals surface area contributed by atoms with E-state index in [2.05, 4.69) is 16.9 Å². The predicted octanol–water partition coefficient (Wildman–Crippen LogP) is 2.25. The molecule has 1 aromatic carbocycles. The van der Waals surface area contributed by atoms with Gasteiger partial charge in [-0.3, -0.25) is 14.6 Å². The molecule has 1 aromatic heterocycles. The van der Waals surface area contributed by atoms with Gasteiger partial charge in [-0.25, -0.2) is 0 Å². The predicted molar refractivity (Wildman–Crippen MR) is 86.7 cm³/mol. The molecule has 2 aromatic rings. The van der Waals surface area contributed by atoms with Gasteiger partial charge in [0.05, 0.1) is 5.69 Å². The molecular formula is C17H15N3O3. The summed E-state index contributed by atoms with van der Waals surface area (Å²) in [4.78, 5) is 29.5. The molecule has 0 saturated carbocycles. The topological polar surface area (TPSA) is 71.5 Å². The van der Waals surface area contributed by atoms with Crippen molar-refractivity contribution in [2.24, 2.45) is 0 Å². The van der Waals surface area contributed by atoms with Gasteiger partial charge in [0.15, 0.2) is 6.61 Å². The zero-order chi connectivity index (χ0) is 16.2. The van der Waals surface area contributed by atoms with Crippen molar-refractivity contribution in [1.29, 1.82) is 0 Å². The van der Waals surface area contributed by atoms with Crippen LogP contribution in [0.25, 0.3) is 0 Å². The molecule has 0 atom stereocenters. The van der Waals surface area contributed by atoms with E-state index in [1.54, 1.807) is 53.7 Å². The Morgan fingerprint density at radius 1 is 1.35 bits per heavy atom. The van der Waals surface area contributed by atoms with Crippen molar-refractivity contribution >= 4 is 23.2 Å². The molecule has 1 N–H and O–H groups in total. The molecule has 2 heterocycles. The highest BCUT2D eigenvalue weighted by atomic mass is 16.5. The number of carbonyl (C=O) groups excluding carboxylic acids is 2. The molecule has 0 radical (unpaired) electrons. The van der Waals surface area contributed by atoms with Gasteiger partial charge in [-0.05, 0) is 24.3 Å². The van der Waals surface area contributed by atoms with Gasteiger partial charge in [-0.1, -0.05) is 6.08 Å². The largest absolute Gasteiger partial charge is 0.481 e. The molecule has 6 heteroatoms. The summed E-state index contributed by atoms with van der Waals surface area (Å²) in [6.45, 7) is 4.05. The lowest BCUT2D eigenvalue weighted by Gasteiger charge is -2.28. The van der Waals surface area contributed by atoms with E-state index in [1.807, 2.05) is 0 Å². The Labute approximate surface area is 133 Å². The number of anilines is 2. The van der Waals surface area contributed by atoms with E-state index in [-0.39, 0.29) is 18.4 Å². The van der Waals surface area contributed by atoms with Gasteiger partial charge in [0, 0.05) is 36.3 Å². The minimum Gasteiger partial charge on any atom is -0.481 e. The van der Waals surface area contributed by atoms with Crippen LogP contribution in [0.2, 0.25) is 0 Å². The Kier molecular flexibility index (Phi) is 4.05. The number of nitrogens with zero attached hydrogens (tertiary/aromatic N) is 2. The fourth-order valence-corrected chi connectivity index (χ4v) is 2.32. The average molecular weight is 309 g/mol. The van der Waals surface area contributed by atoms with Crippen LogP contribution in [0.1, 0.15) is 10.4 Å². The number of fused-ring (bicyclic) bond motifs is 1. The molecule has 0 saturated heterocycles. The summed E-state index contributed by atoms with van der Waals surface area (Å²) >= 11 is 0. The van der Waals surface area contributed by atoms with E-state index in [4.69, 9.17) is 4.74 Å². The van der Waals surface area contributed by atoms with Crippen molar-refractivity contribution in [2.45, 2.75) is 0 Å². The lowest BCUT2D eigenvalue weighted by Crippen LogP contribution is -2.38. The molecule has 116 valence electrons. The molecule has 0 spiro atoms. The number of ether oxygens (including phenoxy) is 1. The lowest BCUT2D eigenvalue weighted by molar-refractivity contribution is -0.121. The van der Waals surface area contributed by atoms with Crippen molar-refractivity contribution in [1.82, 2.24) is 4.98 Å². The molecule has 3 rings (SSSR count). The average Bonchev–Trinajstić information content (AvgIpc) is 2.58. The van der Waals surface area contributed by atoms with E-state index in [0.717, 1.165) is 0 Å². The summed E-state index contributed by atoms with van der Waals surface area (Å²) in [5, 5.41) is 2.80. The highest BCUT2D eigenvalue weighted by Gasteiger charge is 2.24. The first kappa shape index (κ1) is 14.8. The number of nitrogens with one attached hydrogen (secondary N) is 1. The third-order valence-corrected chi connectivity index (χ3v) is 3.41. The van der Waals surface area contributed by atoms with Crippen LogP contribution >= 0.6 is 0 Å². The molecule has 0 fully saturated rings. The molecule has 1 aliphatic rings. The Morgan fingerprint density at radius 2 is 2.13 bits per heavy atom. The molecular weight excluding hydrogens is 294 g/mol. The van der Waals surface area contributed by atoms with Crippen LogP contribution < -0.4 is 15.0 Å². The van der Waals surface area contributed by atoms with Crippen LogP contribution in [0.15, 0.2) is 55.4 Å². The summed E-state index contributed by atoms with van der Waals surface area (Å²) in [6, 6.07) is 8.45. The Morgan fingerprint density at radius 3 is 2.87 bits per heavy atom. The quantitative estimate of drug-likeness (QED) is 0.879. The van der Waals surface area contributed by atoms with Gasteiger partial charge in [-0.2, -0.15) is 0 Å². The maximum Gasteiger partial charge on any atom is 0.265 e. The Balaban J connectivity index is 1.82. The molecule has 0 aliphatic carbocycles. The summed E-state index contributed by atoms with van der Waals surface area (Å²) < 4.78 is 5.45. The maximum atomic E-state index is 12.1. The standard InChI is InChI=1S/C17H15N3O3/c1-2-9-20-14-4-3-13(10-15(14)23-11-16(20)21)19-17(22)12-5-7-18-8-6-12/h2-8,10H,1,9,11H2,(H,19,22). The number of hydrogen-bond acceptors (Lipinski definition) is 4. The smallest absolute Gasteiger partial charge is 0.265 e. The van der Waals surface area contributed by atoms with Crippen LogP contribution in [-0.2, 0) is 4.79 Å². The van der Waals surface area contributed by atoms with E-state index >= 15 is 0 Å². The number of rotatable bonds is 4. The van der Waals surface area contributed by atoms with Gasteiger partial charge >= 0.3 is 0 Å². The molecule has 0 bridgehead atoms. The van der Waals surface area contributed by atoms with Crippen molar-refractivity contribution in [3.63, 3.8) is 0 Å². The zero-order valence-corrected chi connectivity index (χ0v) is 12.4. The van der Waals surface area contributed by atoms with E-state index in [9.17, 15) is 9.59 Å². The number of carbonyl (C=O) groups is 2. The Hall–Kier alpha value is -3.15. The Bertz CT molecular complexity index is 759. The third-order valence-electron chi connectivity index (χ3n) is 3.41. The van der Waals surface area contributed by atoms with Crippen molar-refractivity contribution in [3.8, 4) is 5.75 Å². The summed E-state index contributed by atoms with van der Waals surface area (Å²) in [5.74, 6) is 0.201. The molecule has 1 aliphatic heterocycles. The second-order valence-corrected chi connectivity index (χ2v) is 4.95. The highest BCUT2D eigenvalue weighted by molar-refractivity contribution is 6.05. The molecule has 6 nitrogen and oxygen atoms in total. The van der Waals surface area contributed by atoms with Crippen LogP contribution in [0.5, 0.6) is 5.75 Å². The van der Waals surface area contributed by atoms with Gasteiger partial charge in [0.2, 0.25) is 0 Å². The second kappa shape index (κ2) is 6.31. The molecule has 23 heavy (non-hydrogen) atoms. The van der Waals surface area contributed by atoms with Crippen LogP contribution in [0.4, 0.5) is 11.4 Å². The summed E-state index contributed by atoms with van der Waals surface area (Å²) in [6.07, 6.45) is 4.78. The van der Waals surface area contributed by atoms with Crippen molar-refractivity contribution in [2.75, 3.05) is 23.4 Å². The molecule has 0 unspecified atom stereocenters. The monoisotopic (exact) mass is 309 g/mol. The van der Waals surface area contributed by atoms with E-state index < -0.39 is 0 Å². The third kappa shape index (κ3) is 3.06. The van der Waals surface area contributed by atoms with E-state index in [1.165, 1.54) is 0 Å². The normalized spacial score (nSPS) is 13.0. The van der Waals surface area contributed by atoms with Crippen molar-refractivity contribution in [3.05, 3.63) is 60.9 Å².